The predicted octanol–water partition coefficient (Wildman–Crippen LogP) is 5.75. The molecule has 0 unspecified atom stereocenters. The molecule has 0 aliphatic heterocycles. The maximum Gasteiger partial charge on any atom is -0.0317 e. The Morgan fingerprint density at radius 1 is 1.14 bits per heavy atom. The van der Waals surface area contributed by atoms with Crippen molar-refractivity contribution in [3.8, 4) is 0 Å². The van der Waals surface area contributed by atoms with E-state index in [0.29, 0.717) is 0 Å². The van der Waals surface area contributed by atoms with Crippen LogP contribution < -0.4 is 0 Å². The van der Waals surface area contributed by atoms with Crippen molar-refractivity contribution < 1.29 is 0 Å². The summed E-state index contributed by atoms with van der Waals surface area (Å²) in [5.74, 6) is 0. The summed E-state index contributed by atoms with van der Waals surface area (Å²) in [7, 11) is 0. The number of rotatable bonds is 4. The lowest BCUT2D eigenvalue weighted by Gasteiger charge is -2.01. The van der Waals surface area contributed by atoms with Crippen molar-refractivity contribution in [3.05, 3.63) is 23.3 Å². The van der Waals surface area contributed by atoms with E-state index in [4.69, 9.17) is 0 Å². The molecule has 0 heterocycles. The molecule has 0 nitrogen and oxygen atoms in total. The number of unbranched alkanes of at least 4 members (excludes halogenated alkanes) is 1. The van der Waals surface area contributed by atoms with E-state index in [1.165, 1.54) is 30.4 Å². The summed E-state index contributed by atoms with van der Waals surface area (Å²) in [4.78, 5) is 0. The highest BCUT2D eigenvalue weighted by atomic mass is 14.0. The van der Waals surface area contributed by atoms with E-state index in [9.17, 15) is 0 Å². The van der Waals surface area contributed by atoms with Crippen molar-refractivity contribution >= 4 is 0 Å². The third-order valence-corrected chi connectivity index (χ3v) is 2.00. The SMILES string of the molecule is C.C/C=C\C(C)=C(/C)CCCC.CC. The summed E-state index contributed by atoms with van der Waals surface area (Å²) in [6.45, 7) is 12.7. The van der Waals surface area contributed by atoms with Gasteiger partial charge in [0, 0.05) is 0 Å². The van der Waals surface area contributed by atoms with E-state index < -0.39 is 0 Å². The van der Waals surface area contributed by atoms with E-state index in [1.807, 2.05) is 13.8 Å². The zero-order valence-electron chi connectivity index (χ0n) is 10.3. The number of hydrogen-bond acceptors (Lipinski definition) is 0. The third kappa shape index (κ3) is 11.5. The second-order valence-corrected chi connectivity index (χ2v) is 3.07. The monoisotopic (exact) mass is 198 g/mol. The van der Waals surface area contributed by atoms with Crippen molar-refractivity contribution in [1.82, 2.24) is 0 Å². The standard InChI is InChI=1S/C11H20.C2H6.CH4/c1-5-7-9-11(4)10(3)8-6-2;1-2;/h6,8H,5,7,9H2,1-4H3;1-2H3;1H4/b8-6-,11-10+;;. The van der Waals surface area contributed by atoms with Crippen LogP contribution in [0.3, 0.4) is 0 Å². The van der Waals surface area contributed by atoms with Crippen molar-refractivity contribution in [1.29, 1.82) is 0 Å². The predicted molar refractivity (Wildman–Crippen MR) is 70.8 cm³/mol. The highest BCUT2D eigenvalue weighted by molar-refractivity contribution is 5.21. The van der Waals surface area contributed by atoms with Crippen LogP contribution in [0.2, 0.25) is 0 Å². The first-order valence-corrected chi connectivity index (χ1v) is 5.51. The van der Waals surface area contributed by atoms with Crippen LogP contribution in [0.25, 0.3) is 0 Å². The van der Waals surface area contributed by atoms with Crippen LogP contribution in [0, 0.1) is 0 Å². The van der Waals surface area contributed by atoms with Crippen LogP contribution in [-0.4, -0.2) is 0 Å². The van der Waals surface area contributed by atoms with Crippen molar-refractivity contribution in [2.45, 2.75) is 68.2 Å². The Hall–Kier alpha value is -0.520. The van der Waals surface area contributed by atoms with Gasteiger partial charge < -0.3 is 0 Å². The topological polar surface area (TPSA) is 0 Å². The summed E-state index contributed by atoms with van der Waals surface area (Å²) < 4.78 is 0. The van der Waals surface area contributed by atoms with Gasteiger partial charge in [0.2, 0.25) is 0 Å². The minimum atomic E-state index is 0. The first-order valence-electron chi connectivity index (χ1n) is 5.51. The highest BCUT2D eigenvalue weighted by Gasteiger charge is 1.91. The van der Waals surface area contributed by atoms with Gasteiger partial charge in [-0.3, -0.25) is 0 Å². The second kappa shape index (κ2) is 15.0. The number of allylic oxidation sites excluding steroid dienone is 4. The van der Waals surface area contributed by atoms with E-state index in [-0.39, 0.29) is 7.43 Å². The molecule has 0 heteroatoms. The Morgan fingerprint density at radius 2 is 1.64 bits per heavy atom. The van der Waals surface area contributed by atoms with Gasteiger partial charge in [-0.1, -0.05) is 57.9 Å². The molecular formula is C14H30. The van der Waals surface area contributed by atoms with Crippen LogP contribution in [0.4, 0.5) is 0 Å². The zero-order valence-corrected chi connectivity index (χ0v) is 10.3. The van der Waals surface area contributed by atoms with Crippen LogP contribution in [0.5, 0.6) is 0 Å². The van der Waals surface area contributed by atoms with Gasteiger partial charge in [0.25, 0.3) is 0 Å². The first kappa shape index (κ1) is 19.1. The highest BCUT2D eigenvalue weighted by Crippen LogP contribution is 2.12. The minimum Gasteiger partial charge on any atom is -0.0874 e. The molecule has 0 saturated heterocycles. The summed E-state index contributed by atoms with van der Waals surface area (Å²) in [5.41, 5.74) is 2.96. The molecule has 0 bridgehead atoms. The second-order valence-electron chi connectivity index (χ2n) is 3.07. The summed E-state index contributed by atoms with van der Waals surface area (Å²) in [5, 5.41) is 0. The molecule has 0 aromatic carbocycles. The van der Waals surface area contributed by atoms with Gasteiger partial charge in [0.15, 0.2) is 0 Å². The largest absolute Gasteiger partial charge is 0.0874 e. The van der Waals surface area contributed by atoms with Gasteiger partial charge in [-0.2, -0.15) is 0 Å². The lowest BCUT2D eigenvalue weighted by atomic mass is 10.1. The Kier molecular flexibility index (Phi) is 20.4. The van der Waals surface area contributed by atoms with E-state index in [2.05, 4.69) is 39.8 Å². The summed E-state index contributed by atoms with van der Waals surface area (Å²) in [6, 6.07) is 0. The fourth-order valence-electron chi connectivity index (χ4n) is 1.03. The molecule has 0 rings (SSSR count). The first-order chi connectivity index (χ1) is 6.22. The normalized spacial score (nSPS) is 11.3. The summed E-state index contributed by atoms with van der Waals surface area (Å²) in [6.07, 6.45) is 8.16. The molecule has 0 aromatic heterocycles. The van der Waals surface area contributed by atoms with Gasteiger partial charge in [-0.25, -0.2) is 0 Å². The Balaban J connectivity index is -0.000000376. The molecule has 0 spiro atoms. The van der Waals surface area contributed by atoms with E-state index in [0.717, 1.165) is 0 Å². The van der Waals surface area contributed by atoms with E-state index >= 15 is 0 Å². The molecular weight excluding hydrogens is 168 g/mol. The molecule has 0 amide bonds. The molecule has 0 N–H and O–H groups in total. The maximum absolute atomic E-state index is 2.23. The lowest BCUT2D eigenvalue weighted by Crippen LogP contribution is -1.81. The Bertz CT molecular complexity index is 149. The molecule has 0 aliphatic rings. The molecule has 14 heavy (non-hydrogen) atoms. The third-order valence-electron chi connectivity index (χ3n) is 2.00. The van der Waals surface area contributed by atoms with Gasteiger partial charge in [-0.05, 0) is 33.6 Å². The quantitative estimate of drug-likeness (QED) is 0.504. The summed E-state index contributed by atoms with van der Waals surface area (Å²) >= 11 is 0. The van der Waals surface area contributed by atoms with Crippen LogP contribution in [0.15, 0.2) is 23.3 Å². The van der Waals surface area contributed by atoms with Gasteiger partial charge in [0.1, 0.15) is 0 Å². The molecule has 0 atom stereocenters. The van der Waals surface area contributed by atoms with Crippen molar-refractivity contribution in [2.24, 2.45) is 0 Å². The van der Waals surface area contributed by atoms with Gasteiger partial charge >= 0.3 is 0 Å². The minimum absolute atomic E-state index is 0. The zero-order chi connectivity index (χ0) is 10.7. The van der Waals surface area contributed by atoms with Crippen LogP contribution in [-0.2, 0) is 0 Å². The van der Waals surface area contributed by atoms with Crippen LogP contribution in [0.1, 0.15) is 68.2 Å². The van der Waals surface area contributed by atoms with Gasteiger partial charge in [-0.15, -0.1) is 0 Å². The fraction of sp³-hybridized carbons (Fsp3) is 0.714. The molecule has 0 radical (unpaired) electrons. The molecule has 0 saturated carbocycles. The average Bonchev–Trinajstić information content (AvgIpc) is 2.17. The lowest BCUT2D eigenvalue weighted by molar-refractivity contribution is 0.783. The average molecular weight is 198 g/mol. The van der Waals surface area contributed by atoms with Crippen molar-refractivity contribution in [3.63, 3.8) is 0 Å². The maximum atomic E-state index is 2.23. The smallest absolute Gasteiger partial charge is 0.0317 e. The van der Waals surface area contributed by atoms with Crippen LogP contribution >= 0.6 is 0 Å². The molecule has 86 valence electrons. The molecule has 0 aliphatic carbocycles. The Labute approximate surface area is 92.1 Å². The Morgan fingerprint density at radius 3 is 2.00 bits per heavy atom. The van der Waals surface area contributed by atoms with E-state index in [1.54, 1.807) is 0 Å². The fourth-order valence-corrected chi connectivity index (χ4v) is 1.03. The number of hydrogen-bond donors (Lipinski definition) is 0. The van der Waals surface area contributed by atoms with Gasteiger partial charge in [0.05, 0.1) is 0 Å². The molecule has 0 fully saturated rings. The molecule has 0 aromatic rings. The van der Waals surface area contributed by atoms with Crippen molar-refractivity contribution in [2.75, 3.05) is 0 Å².